The van der Waals surface area contributed by atoms with Crippen molar-refractivity contribution in [1.29, 1.82) is 0 Å². The fourth-order valence-electron chi connectivity index (χ4n) is 5.11. The number of unbranched alkanes of at least 4 members (excludes halogenated alkanes) is 3. The van der Waals surface area contributed by atoms with E-state index in [1.807, 2.05) is 0 Å². The van der Waals surface area contributed by atoms with Crippen molar-refractivity contribution >= 4 is 29.9 Å². The minimum absolute atomic E-state index is 0.323. The SMILES string of the molecule is CCC[CH2][Sn]([CH2]CCC)([CH2]CCC)/[C](C)=C(/C(=O)N1CCCCC1)c1ccccc1. The molecule has 0 N–H and O–H groups in total. The zero-order valence-electron chi connectivity index (χ0n) is 20.1. The van der Waals surface area contributed by atoms with Gasteiger partial charge in [-0.05, 0) is 0 Å². The Kier molecular flexibility index (Phi) is 11.6. The Morgan fingerprint density at radius 1 is 0.833 bits per heavy atom. The molecule has 1 aliphatic heterocycles. The summed E-state index contributed by atoms with van der Waals surface area (Å²) in [4.78, 5) is 16.1. The molecule has 1 saturated heterocycles. The van der Waals surface area contributed by atoms with Gasteiger partial charge in [0.2, 0.25) is 0 Å². The average molecular weight is 518 g/mol. The van der Waals surface area contributed by atoms with Crippen LogP contribution in [0.5, 0.6) is 0 Å². The van der Waals surface area contributed by atoms with Crippen LogP contribution >= 0.6 is 0 Å². The predicted molar refractivity (Wildman–Crippen MR) is 134 cm³/mol. The molecule has 1 amide bonds. The van der Waals surface area contributed by atoms with Crippen LogP contribution in [0.15, 0.2) is 33.9 Å². The molecule has 1 aromatic carbocycles. The topological polar surface area (TPSA) is 20.3 Å². The van der Waals surface area contributed by atoms with Gasteiger partial charge in [-0.25, -0.2) is 0 Å². The first-order chi connectivity index (χ1) is 14.6. The van der Waals surface area contributed by atoms with E-state index in [2.05, 4.69) is 62.9 Å². The zero-order chi connectivity index (χ0) is 21.8. The van der Waals surface area contributed by atoms with Crippen LogP contribution in [0.4, 0.5) is 0 Å². The Morgan fingerprint density at radius 2 is 1.33 bits per heavy atom. The minimum atomic E-state index is -2.65. The number of piperidine rings is 1. The second-order valence-corrected chi connectivity index (χ2v) is 23.0. The van der Waals surface area contributed by atoms with Gasteiger partial charge in [0.1, 0.15) is 0 Å². The molecular weight excluding hydrogens is 473 g/mol. The molecule has 0 bridgehead atoms. The molecule has 1 fully saturated rings. The third-order valence-corrected chi connectivity index (χ3v) is 23.6. The van der Waals surface area contributed by atoms with E-state index < -0.39 is 18.4 Å². The third kappa shape index (κ3) is 6.87. The van der Waals surface area contributed by atoms with E-state index in [1.54, 1.807) is 3.59 Å². The molecule has 2 rings (SSSR count). The summed E-state index contributed by atoms with van der Waals surface area (Å²) in [5.74, 6) is 0.323. The van der Waals surface area contributed by atoms with Gasteiger partial charge in [-0.1, -0.05) is 0 Å². The number of benzene rings is 1. The van der Waals surface area contributed by atoms with Crippen molar-refractivity contribution in [3.8, 4) is 0 Å². The first-order valence-electron chi connectivity index (χ1n) is 12.7. The molecule has 1 aliphatic rings. The first-order valence-corrected chi connectivity index (χ1v) is 20.1. The molecule has 30 heavy (non-hydrogen) atoms. The second kappa shape index (κ2) is 13.6. The molecule has 0 atom stereocenters. The second-order valence-electron chi connectivity index (χ2n) is 9.31. The summed E-state index contributed by atoms with van der Waals surface area (Å²) < 4.78 is 5.82. The number of carbonyl (C=O) groups excluding carboxylic acids is 1. The normalized spacial score (nSPS) is 15.8. The van der Waals surface area contributed by atoms with Crippen molar-refractivity contribution in [2.75, 3.05) is 13.1 Å². The van der Waals surface area contributed by atoms with Crippen molar-refractivity contribution in [2.45, 2.75) is 98.8 Å². The molecule has 1 heterocycles. The summed E-state index contributed by atoms with van der Waals surface area (Å²) in [6, 6.07) is 10.6. The maximum absolute atomic E-state index is 13.9. The first kappa shape index (κ1) is 25.5. The number of carbonyl (C=O) groups is 1. The summed E-state index contributed by atoms with van der Waals surface area (Å²) in [7, 11) is 0. The standard InChI is InChI=1S/C15H18NO.3C4H9.Sn/c1-2-14(13-9-5-3-6-10-13)15(17)16-11-7-4-8-12-16;3*1-3-4-2;/h3,5-6,9-10H,4,7-8,11-12H2,1H3;3*1,3-4H2,2H3;. The van der Waals surface area contributed by atoms with E-state index >= 15 is 0 Å². The van der Waals surface area contributed by atoms with Crippen LogP contribution < -0.4 is 0 Å². The van der Waals surface area contributed by atoms with Gasteiger partial charge < -0.3 is 0 Å². The van der Waals surface area contributed by atoms with Crippen LogP contribution in [0, 0.1) is 0 Å². The van der Waals surface area contributed by atoms with Crippen LogP contribution in [-0.2, 0) is 4.79 Å². The number of hydrogen-bond acceptors (Lipinski definition) is 1. The molecule has 3 heteroatoms. The summed E-state index contributed by atoms with van der Waals surface area (Å²) in [5, 5.41) is 0. The number of allylic oxidation sites excluding steroid dienone is 1. The van der Waals surface area contributed by atoms with Gasteiger partial charge in [-0.15, -0.1) is 0 Å². The predicted octanol–water partition coefficient (Wildman–Crippen LogP) is 7.86. The fourth-order valence-corrected chi connectivity index (χ4v) is 21.5. The molecule has 2 nitrogen and oxygen atoms in total. The van der Waals surface area contributed by atoms with Crippen LogP contribution in [0.25, 0.3) is 5.57 Å². The van der Waals surface area contributed by atoms with Gasteiger partial charge >= 0.3 is 191 Å². The van der Waals surface area contributed by atoms with Crippen molar-refractivity contribution in [2.24, 2.45) is 0 Å². The van der Waals surface area contributed by atoms with Crippen LogP contribution in [0.3, 0.4) is 0 Å². The summed E-state index contributed by atoms with van der Waals surface area (Å²) in [6.45, 7) is 11.2. The van der Waals surface area contributed by atoms with Crippen LogP contribution in [-0.4, -0.2) is 42.3 Å². The number of amides is 1. The van der Waals surface area contributed by atoms with E-state index in [-0.39, 0.29) is 0 Å². The Labute approximate surface area is 190 Å². The van der Waals surface area contributed by atoms with Gasteiger partial charge in [-0.3, -0.25) is 0 Å². The van der Waals surface area contributed by atoms with E-state index in [9.17, 15) is 4.79 Å². The van der Waals surface area contributed by atoms with Crippen molar-refractivity contribution < 1.29 is 4.79 Å². The Bertz CT molecular complexity index is 639. The number of nitrogens with zero attached hydrogens (tertiary/aromatic N) is 1. The Hall–Kier alpha value is -0.771. The van der Waals surface area contributed by atoms with Crippen LogP contribution in [0.1, 0.15) is 91.0 Å². The van der Waals surface area contributed by atoms with Crippen molar-refractivity contribution in [1.82, 2.24) is 4.90 Å². The monoisotopic (exact) mass is 519 g/mol. The van der Waals surface area contributed by atoms with E-state index in [0.29, 0.717) is 5.91 Å². The molecule has 0 saturated carbocycles. The number of hydrogen-bond donors (Lipinski definition) is 0. The van der Waals surface area contributed by atoms with Crippen LogP contribution in [0.2, 0.25) is 13.3 Å². The van der Waals surface area contributed by atoms with Gasteiger partial charge in [-0.2, -0.15) is 0 Å². The number of rotatable bonds is 12. The van der Waals surface area contributed by atoms with Crippen molar-refractivity contribution in [3.63, 3.8) is 0 Å². The summed E-state index contributed by atoms with van der Waals surface area (Å²) in [6.07, 6.45) is 11.4. The van der Waals surface area contributed by atoms with Gasteiger partial charge in [0.25, 0.3) is 0 Å². The van der Waals surface area contributed by atoms with Gasteiger partial charge in [0.15, 0.2) is 0 Å². The molecule has 0 aromatic heterocycles. The molecular formula is C27H45NOSn. The van der Waals surface area contributed by atoms with Gasteiger partial charge in [0.05, 0.1) is 0 Å². The van der Waals surface area contributed by atoms with E-state index in [4.69, 9.17) is 0 Å². The Morgan fingerprint density at radius 3 is 1.80 bits per heavy atom. The number of likely N-dealkylation sites (tertiary alicyclic amines) is 1. The van der Waals surface area contributed by atoms with Gasteiger partial charge in [0, 0.05) is 0 Å². The molecule has 1 aromatic rings. The average Bonchev–Trinajstić information content (AvgIpc) is 2.80. The molecule has 0 aliphatic carbocycles. The fraction of sp³-hybridized carbons (Fsp3) is 0.667. The molecule has 168 valence electrons. The van der Waals surface area contributed by atoms with E-state index in [1.165, 1.54) is 58.3 Å². The maximum atomic E-state index is 13.9. The quantitative estimate of drug-likeness (QED) is 0.204. The zero-order valence-corrected chi connectivity index (χ0v) is 23.0. The van der Waals surface area contributed by atoms with Crippen molar-refractivity contribution in [3.05, 3.63) is 39.5 Å². The molecule has 0 spiro atoms. The molecule has 0 unspecified atom stereocenters. The third-order valence-electron chi connectivity index (χ3n) is 7.12. The summed E-state index contributed by atoms with van der Waals surface area (Å²) >= 11 is -2.65. The molecule has 0 radical (unpaired) electrons. The van der Waals surface area contributed by atoms with E-state index in [0.717, 1.165) is 37.1 Å². The summed E-state index contributed by atoms with van der Waals surface area (Å²) in [5.41, 5.74) is 2.26. The Balaban J connectivity index is 2.58.